The first-order valence-corrected chi connectivity index (χ1v) is 6.04. The van der Waals surface area contributed by atoms with Crippen molar-refractivity contribution >= 4 is 11.6 Å². The fourth-order valence-electron chi connectivity index (χ4n) is 1.90. The first kappa shape index (κ1) is 11.5. The molecule has 0 radical (unpaired) electrons. The van der Waals surface area contributed by atoms with Crippen LogP contribution >= 0.6 is 11.6 Å². The third kappa shape index (κ3) is 2.99. The standard InChI is InChI=1S/C13H16ClNO/c1-10-5-2-3-6-11(10)9-16-13-8-4-7-12(14)15-13/h2-4,7-8,10-11H,5-6,9H2,1H3. The van der Waals surface area contributed by atoms with E-state index < -0.39 is 0 Å². The molecule has 0 aromatic carbocycles. The molecule has 0 spiro atoms. The van der Waals surface area contributed by atoms with Crippen molar-refractivity contribution in [1.82, 2.24) is 4.98 Å². The van der Waals surface area contributed by atoms with Gasteiger partial charge in [-0.1, -0.05) is 36.7 Å². The van der Waals surface area contributed by atoms with Crippen LogP contribution in [0.25, 0.3) is 0 Å². The highest BCUT2D eigenvalue weighted by Gasteiger charge is 2.18. The summed E-state index contributed by atoms with van der Waals surface area (Å²) in [6.07, 6.45) is 6.73. The van der Waals surface area contributed by atoms with E-state index in [1.807, 2.05) is 12.1 Å². The molecule has 0 fully saturated rings. The maximum absolute atomic E-state index is 5.79. The van der Waals surface area contributed by atoms with Gasteiger partial charge in [0.25, 0.3) is 0 Å². The van der Waals surface area contributed by atoms with E-state index >= 15 is 0 Å². The topological polar surface area (TPSA) is 22.1 Å². The van der Waals surface area contributed by atoms with Gasteiger partial charge < -0.3 is 4.74 Å². The number of ether oxygens (including phenoxy) is 1. The molecule has 2 atom stereocenters. The Morgan fingerprint density at radius 2 is 2.19 bits per heavy atom. The molecule has 1 aliphatic carbocycles. The van der Waals surface area contributed by atoms with E-state index in [9.17, 15) is 0 Å². The summed E-state index contributed by atoms with van der Waals surface area (Å²) in [5, 5.41) is 0.481. The molecule has 86 valence electrons. The van der Waals surface area contributed by atoms with Crippen LogP contribution in [-0.2, 0) is 0 Å². The van der Waals surface area contributed by atoms with Crippen molar-refractivity contribution < 1.29 is 4.74 Å². The van der Waals surface area contributed by atoms with Gasteiger partial charge in [0.15, 0.2) is 0 Å². The normalized spacial score (nSPS) is 24.4. The van der Waals surface area contributed by atoms with Gasteiger partial charge in [-0.3, -0.25) is 0 Å². The van der Waals surface area contributed by atoms with Gasteiger partial charge in [0, 0.05) is 6.07 Å². The number of hydrogen-bond donors (Lipinski definition) is 0. The fourth-order valence-corrected chi connectivity index (χ4v) is 2.06. The number of nitrogens with zero attached hydrogens (tertiary/aromatic N) is 1. The van der Waals surface area contributed by atoms with Crippen molar-refractivity contribution in [1.29, 1.82) is 0 Å². The summed E-state index contributed by atoms with van der Waals surface area (Å²) in [5.41, 5.74) is 0. The van der Waals surface area contributed by atoms with Crippen molar-refractivity contribution in [3.63, 3.8) is 0 Å². The minimum absolute atomic E-state index is 0.481. The van der Waals surface area contributed by atoms with Gasteiger partial charge in [0.05, 0.1) is 6.61 Å². The second kappa shape index (κ2) is 5.35. The zero-order chi connectivity index (χ0) is 11.4. The third-order valence-corrected chi connectivity index (χ3v) is 3.26. The summed E-state index contributed by atoms with van der Waals surface area (Å²) in [7, 11) is 0. The third-order valence-electron chi connectivity index (χ3n) is 3.05. The van der Waals surface area contributed by atoms with Crippen LogP contribution in [0.4, 0.5) is 0 Å². The van der Waals surface area contributed by atoms with E-state index in [2.05, 4.69) is 24.1 Å². The van der Waals surface area contributed by atoms with Crippen LogP contribution < -0.4 is 4.74 Å². The molecule has 0 saturated carbocycles. The average Bonchev–Trinajstić information content (AvgIpc) is 2.28. The highest BCUT2D eigenvalue weighted by molar-refractivity contribution is 6.29. The molecule has 0 amide bonds. The number of hydrogen-bond acceptors (Lipinski definition) is 2. The lowest BCUT2D eigenvalue weighted by Crippen LogP contribution is -2.21. The zero-order valence-corrected chi connectivity index (χ0v) is 10.2. The molecule has 1 aromatic rings. The second-order valence-corrected chi connectivity index (χ2v) is 4.68. The highest BCUT2D eigenvalue weighted by Crippen LogP contribution is 2.25. The van der Waals surface area contributed by atoms with Crippen LogP contribution in [0.1, 0.15) is 19.8 Å². The lowest BCUT2D eigenvalue weighted by Gasteiger charge is -2.24. The highest BCUT2D eigenvalue weighted by atomic mass is 35.5. The molecule has 2 rings (SSSR count). The summed E-state index contributed by atoms with van der Waals surface area (Å²) in [4.78, 5) is 4.11. The Morgan fingerprint density at radius 3 is 2.94 bits per heavy atom. The van der Waals surface area contributed by atoms with Gasteiger partial charge in [-0.25, -0.2) is 4.98 Å². The summed E-state index contributed by atoms with van der Waals surface area (Å²) >= 11 is 5.79. The molecule has 16 heavy (non-hydrogen) atoms. The second-order valence-electron chi connectivity index (χ2n) is 4.29. The molecule has 0 bridgehead atoms. The van der Waals surface area contributed by atoms with E-state index in [4.69, 9.17) is 16.3 Å². The first-order valence-electron chi connectivity index (χ1n) is 5.66. The minimum Gasteiger partial charge on any atom is -0.477 e. The van der Waals surface area contributed by atoms with Crippen molar-refractivity contribution in [2.24, 2.45) is 11.8 Å². The molecule has 3 heteroatoms. The van der Waals surface area contributed by atoms with Crippen LogP contribution in [-0.4, -0.2) is 11.6 Å². The van der Waals surface area contributed by atoms with Gasteiger partial charge in [0.2, 0.25) is 5.88 Å². The molecule has 0 N–H and O–H groups in total. The molecule has 1 heterocycles. The molecule has 0 saturated heterocycles. The van der Waals surface area contributed by atoms with Gasteiger partial charge in [-0.15, -0.1) is 0 Å². The zero-order valence-electron chi connectivity index (χ0n) is 9.40. The SMILES string of the molecule is CC1CC=CCC1COc1cccc(Cl)n1. The molecule has 2 nitrogen and oxygen atoms in total. The maximum Gasteiger partial charge on any atom is 0.214 e. The smallest absolute Gasteiger partial charge is 0.214 e. The Labute approximate surface area is 101 Å². The summed E-state index contributed by atoms with van der Waals surface area (Å²) in [6, 6.07) is 5.45. The molecule has 0 aliphatic heterocycles. The quantitative estimate of drug-likeness (QED) is 0.591. The lowest BCUT2D eigenvalue weighted by atomic mass is 9.85. The van der Waals surface area contributed by atoms with Crippen molar-refractivity contribution in [3.05, 3.63) is 35.5 Å². The van der Waals surface area contributed by atoms with Crippen LogP contribution in [0.3, 0.4) is 0 Å². The van der Waals surface area contributed by atoms with Gasteiger partial charge in [-0.05, 0) is 30.7 Å². The Morgan fingerprint density at radius 1 is 1.38 bits per heavy atom. The van der Waals surface area contributed by atoms with Crippen LogP contribution in [0, 0.1) is 11.8 Å². The van der Waals surface area contributed by atoms with Gasteiger partial charge >= 0.3 is 0 Å². The number of allylic oxidation sites excluding steroid dienone is 2. The Balaban J connectivity index is 1.89. The molecule has 1 aliphatic rings. The number of aromatic nitrogens is 1. The average molecular weight is 238 g/mol. The first-order chi connectivity index (χ1) is 7.75. The summed E-state index contributed by atoms with van der Waals surface area (Å²) in [5.74, 6) is 1.89. The van der Waals surface area contributed by atoms with Crippen LogP contribution in [0.15, 0.2) is 30.4 Å². The van der Waals surface area contributed by atoms with Crippen molar-refractivity contribution in [2.45, 2.75) is 19.8 Å². The molecule has 2 unspecified atom stereocenters. The minimum atomic E-state index is 0.481. The van der Waals surface area contributed by atoms with E-state index in [0.717, 1.165) is 19.4 Å². The van der Waals surface area contributed by atoms with E-state index in [1.165, 1.54) is 0 Å². The number of rotatable bonds is 3. The Bertz CT molecular complexity index is 378. The predicted molar refractivity (Wildman–Crippen MR) is 65.8 cm³/mol. The molecular formula is C13H16ClNO. The largest absolute Gasteiger partial charge is 0.477 e. The van der Waals surface area contributed by atoms with Gasteiger partial charge in [0.1, 0.15) is 5.15 Å². The fraction of sp³-hybridized carbons (Fsp3) is 0.462. The van der Waals surface area contributed by atoms with E-state index in [1.54, 1.807) is 6.07 Å². The van der Waals surface area contributed by atoms with Crippen molar-refractivity contribution in [2.75, 3.05) is 6.61 Å². The lowest BCUT2D eigenvalue weighted by molar-refractivity contribution is 0.193. The van der Waals surface area contributed by atoms with E-state index in [0.29, 0.717) is 22.9 Å². The maximum atomic E-state index is 5.79. The number of pyridine rings is 1. The van der Waals surface area contributed by atoms with Crippen LogP contribution in [0.2, 0.25) is 5.15 Å². The Kier molecular flexibility index (Phi) is 3.83. The van der Waals surface area contributed by atoms with Gasteiger partial charge in [-0.2, -0.15) is 0 Å². The molecule has 1 aromatic heterocycles. The van der Waals surface area contributed by atoms with Crippen molar-refractivity contribution in [3.8, 4) is 5.88 Å². The summed E-state index contributed by atoms with van der Waals surface area (Å²) in [6.45, 7) is 2.99. The predicted octanol–water partition coefficient (Wildman–Crippen LogP) is 3.72. The summed E-state index contributed by atoms with van der Waals surface area (Å²) < 4.78 is 5.67. The van der Waals surface area contributed by atoms with Crippen LogP contribution in [0.5, 0.6) is 5.88 Å². The Hall–Kier alpha value is -1.02. The molecular weight excluding hydrogens is 222 g/mol. The van der Waals surface area contributed by atoms with E-state index in [-0.39, 0.29) is 0 Å². The number of halogens is 1. The monoisotopic (exact) mass is 237 g/mol.